The van der Waals surface area contributed by atoms with Crippen molar-refractivity contribution in [2.45, 2.75) is 37.2 Å². The van der Waals surface area contributed by atoms with Gasteiger partial charge in [0.25, 0.3) is 5.91 Å². The van der Waals surface area contributed by atoms with E-state index in [1.807, 2.05) is 0 Å². The van der Waals surface area contributed by atoms with Crippen LogP contribution < -0.4 is 9.54 Å². The normalized spacial score (nSPS) is 17.1. The Morgan fingerprint density at radius 2 is 1.94 bits per heavy atom. The van der Waals surface area contributed by atoms with Gasteiger partial charge in [-0.1, -0.05) is 11.3 Å². The minimum atomic E-state index is -4.02. The Balaban J connectivity index is 1.73. The molecule has 1 saturated heterocycles. The summed E-state index contributed by atoms with van der Waals surface area (Å²) in [7, 11) is -2.49. The van der Waals surface area contributed by atoms with E-state index in [0.29, 0.717) is 24.1 Å². The fourth-order valence-electron chi connectivity index (χ4n) is 3.94. The molecule has 2 heterocycles. The van der Waals surface area contributed by atoms with Crippen LogP contribution in [0.1, 0.15) is 19.8 Å². The molecule has 12 heteroatoms. The highest BCUT2D eigenvalue weighted by molar-refractivity contribution is 7.89. The van der Waals surface area contributed by atoms with Gasteiger partial charge >= 0.3 is 5.97 Å². The van der Waals surface area contributed by atoms with Crippen LogP contribution in [0.4, 0.5) is 4.39 Å². The second-order valence-electron chi connectivity index (χ2n) is 7.79. The van der Waals surface area contributed by atoms with Gasteiger partial charge in [0.05, 0.1) is 28.8 Å². The van der Waals surface area contributed by atoms with Crippen molar-refractivity contribution in [2.24, 2.45) is 4.99 Å². The molecule has 0 spiro atoms. The Bertz CT molecular complexity index is 1430. The number of hydrogen-bond donors (Lipinski definition) is 0. The molecule has 0 radical (unpaired) electrons. The highest BCUT2D eigenvalue weighted by Gasteiger charge is 2.39. The van der Waals surface area contributed by atoms with Gasteiger partial charge in [-0.15, -0.1) is 0 Å². The zero-order valence-corrected chi connectivity index (χ0v) is 20.8. The minimum Gasteiger partial charge on any atom is -0.497 e. The van der Waals surface area contributed by atoms with Gasteiger partial charge in [-0.2, -0.15) is 9.30 Å². The zero-order chi connectivity index (χ0) is 25.2. The van der Waals surface area contributed by atoms with Gasteiger partial charge in [-0.3, -0.25) is 9.59 Å². The van der Waals surface area contributed by atoms with E-state index in [4.69, 9.17) is 9.47 Å². The third kappa shape index (κ3) is 5.14. The van der Waals surface area contributed by atoms with Crippen molar-refractivity contribution in [1.29, 1.82) is 0 Å². The Hall–Kier alpha value is -3.09. The number of fused-ring (bicyclic) bond motifs is 1. The first-order valence-electron chi connectivity index (χ1n) is 10.9. The lowest BCUT2D eigenvalue weighted by molar-refractivity contribution is -0.143. The number of carbonyl (C=O) groups excluding carboxylic acids is 2. The fraction of sp³-hybridized carbons (Fsp3) is 0.348. The molecule has 35 heavy (non-hydrogen) atoms. The molecule has 1 aliphatic rings. The van der Waals surface area contributed by atoms with Crippen molar-refractivity contribution < 1.29 is 31.9 Å². The van der Waals surface area contributed by atoms with Gasteiger partial charge in [0, 0.05) is 6.54 Å². The maximum atomic E-state index is 13.3. The van der Waals surface area contributed by atoms with Crippen LogP contribution in [0.15, 0.2) is 52.4 Å². The number of rotatable bonds is 7. The van der Waals surface area contributed by atoms with Gasteiger partial charge in [-0.05, 0) is 62.2 Å². The summed E-state index contributed by atoms with van der Waals surface area (Å²) in [5.41, 5.74) is 0.664. The topological polar surface area (TPSA) is 107 Å². The van der Waals surface area contributed by atoms with Crippen molar-refractivity contribution >= 4 is 43.5 Å². The van der Waals surface area contributed by atoms with Crippen LogP contribution in [0, 0.1) is 5.82 Å². The second kappa shape index (κ2) is 10.3. The van der Waals surface area contributed by atoms with Crippen LogP contribution in [0.2, 0.25) is 0 Å². The number of esters is 1. The fourth-order valence-corrected chi connectivity index (χ4v) is 6.65. The predicted octanol–water partition coefficient (Wildman–Crippen LogP) is 2.69. The van der Waals surface area contributed by atoms with Crippen molar-refractivity contribution in [3.63, 3.8) is 0 Å². The number of thiazole rings is 1. The number of aromatic nitrogens is 1. The predicted molar refractivity (Wildman–Crippen MR) is 127 cm³/mol. The largest absolute Gasteiger partial charge is 0.497 e. The van der Waals surface area contributed by atoms with E-state index in [-0.39, 0.29) is 29.4 Å². The molecule has 1 amide bonds. The summed E-state index contributed by atoms with van der Waals surface area (Å²) in [4.78, 5) is 29.9. The molecule has 186 valence electrons. The van der Waals surface area contributed by atoms with Crippen LogP contribution in [-0.2, 0) is 30.9 Å². The number of carbonyl (C=O) groups is 2. The monoisotopic (exact) mass is 521 g/mol. The molecule has 3 aromatic rings. The third-order valence-electron chi connectivity index (χ3n) is 5.60. The number of sulfonamides is 1. The third-order valence-corrected chi connectivity index (χ3v) is 8.56. The molecule has 1 fully saturated rings. The molecule has 9 nitrogen and oxygen atoms in total. The van der Waals surface area contributed by atoms with E-state index >= 15 is 0 Å². The lowest BCUT2D eigenvalue weighted by Gasteiger charge is -2.21. The Morgan fingerprint density at radius 3 is 2.63 bits per heavy atom. The quantitative estimate of drug-likeness (QED) is 0.443. The van der Waals surface area contributed by atoms with Crippen LogP contribution in [-0.4, -0.2) is 55.5 Å². The lowest BCUT2D eigenvalue weighted by Crippen LogP contribution is -2.40. The molecule has 1 atom stereocenters. The molecule has 4 rings (SSSR count). The summed E-state index contributed by atoms with van der Waals surface area (Å²) >= 11 is 1.19. The maximum Gasteiger partial charge on any atom is 0.326 e. The van der Waals surface area contributed by atoms with E-state index in [0.717, 1.165) is 21.1 Å². The maximum absolute atomic E-state index is 13.3. The summed E-state index contributed by atoms with van der Waals surface area (Å²) in [5.74, 6) is -1.07. The minimum absolute atomic E-state index is 0.0927. The van der Waals surface area contributed by atoms with Crippen molar-refractivity contribution in [3.05, 3.63) is 53.1 Å². The van der Waals surface area contributed by atoms with Crippen molar-refractivity contribution in [1.82, 2.24) is 8.87 Å². The van der Waals surface area contributed by atoms with Crippen LogP contribution >= 0.6 is 11.3 Å². The Kier molecular flexibility index (Phi) is 7.33. The first-order chi connectivity index (χ1) is 16.7. The second-order valence-corrected chi connectivity index (χ2v) is 10.7. The first-order valence-corrected chi connectivity index (χ1v) is 13.2. The average molecular weight is 522 g/mol. The number of ether oxygens (including phenoxy) is 2. The Labute approximate surface area is 205 Å². The summed E-state index contributed by atoms with van der Waals surface area (Å²) in [6.45, 7) is 1.90. The summed E-state index contributed by atoms with van der Waals surface area (Å²) in [6, 6.07) is 8.74. The first kappa shape index (κ1) is 25.0. The van der Waals surface area contributed by atoms with Gasteiger partial charge in [0.2, 0.25) is 10.0 Å². The lowest BCUT2D eigenvalue weighted by atomic mass is 10.2. The molecule has 1 aliphatic heterocycles. The molecule has 2 aromatic carbocycles. The molecule has 0 N–H and O–H groups in total. The number of amides is 1. The van der Waals surface area contributed by atoms with E-state index in [9.17, 15) is 22.4 Å². The molecule has 0 aliphatic carbocycles. The van der Waals surface area contributed by atoms with Crippen LogP contribution in [0.25, 0.3) is 10.2 Å². The van der Waals surface area contributed by atoms with Crippen molar-refractivity contribution in [2.75, 3.05) is 20.3 Å². The zero-order valence-electron chi connectivity index (χ0n) is 19.1. The van der Waals surface area contributed by atoms with Crippen LogP contribution in [0.5, 0.6) is 5.75 Å². The van der Waals surface area contributed by atoms with Gasteiger partial charge in [0.1, 0.15) is 24.2 Å². The molecule has 1 unspecified atom stereocenters. The number of methoxy groups -OCH3 is 1. The van der Waals surface area contributed by atoms with E-state index in [1.54, 1.807) is 29.7 Å². The van der Waals surface area contributed by atoms with Gasteiger partial charge in [-0.25, -0.2) is 12.8 Å². The Morgan fingerprint density at radius 1 is 1.20 bits per heavy atom. The summed E-state index contributed by atoms with van der Waals surface area (Å²) in [5, 5.41) is 0. The highest BCUT2D eigenvalue weighted by Crippen LogP contribution is 2.28. The molecule has 0 saturated carbocycles. The standard InChI is InChI=1S/C23H24FN3O6S2/c1-3-33-21(28)14-26-18-11-8-16(32-2)13-20(18)34-23(26)25-22(29)19-5-4-12-27(19)35(30,31)17-9-6-15(24)7-10-17/h6-11,13,19H,3-5,12,14H2,1-2H3. The average Bonchev–Trinajstić information content (AvgIpc) is 3.45. The number of nitrogens with zero attached hydrogens (tertiary/aromatic N) is 3. The van der Waals surface area contributed by atoms with Gasteiger partial charge in [0.15, 0.2) is 4.80 Å². The van der Waals surface area contributed by atoms with E-state index < -0.39 is 33.8 Å². The van der Waals surface area contributed by atoms with E-state index in [2.05, 4.69) is 4.99 Å². The van der Waals surface area contributed by atoms with Crippen LogP contribution in [0.3, 0.4) is 0 Å². The number of hydrogen-bond acceptors (Lipinski definition) is 7. The van der Waals surface area contributed by atoms with Crippen molar-refractivity contribution in [3.8, 4) is 5.75 Å². The molecule has 0 bridgehead atoms. The van der Waals surface area contributed by atoms with Gasteiger partial charge < -0.3 is 14.0 Å². The SMILES string of the molecule is CCOC(=O)Cn1c(=NC(=O)C2CCCN2S(=O)(=O)c2ccc(F)cc2)sc2cc(OC)ccc21. The van der Waals surface area contributed by atoms with E-state index in [1.165, 1.54) is 30.6 Å². The smallest absolute Gasteiger partial charge is 0.326 e. The highest BCUT2D eigenvalue weighted by atomic mass is 32.2. The summed E-state index contributed by atoms with van der Waals surface area (Å²) < 4.78 is 53.3. The molecular weight excluding hydrogens is 497 g/mol. The molecular formula is C23H24FN3O6S2. The molecule has 1 aromatic heterocycles. The number of benzene rings is 2. The number of halogens is 1. The summed E-state index contributed by atoms with van der Waals surface area (Å²) in [6.07, 6.45) is 0.790.